The van der Waals surface area contributed by atoms with Gasteiger partial charge in [0.05, 0.1) is 6.20 Å². The highest BCUT2D eigenvalue weighted by atomic mass is 16.7. The third kappa shape index (κ3) is 22.5. The molecule has 0 fully saturated rings. The number of nitrogens with zero attached hydrogens (tertiary/aromatic N) is 2. The number of allylic oxidation sites excluding steroid dienone is 8. The van der Waals surface area contributed by atoms with Gasteiger partial charge in [0.1, 0.15) is 0 Å². The van der Waals surface area contributed by atoms with Crippen LogP contribution in [0.1, 0.15) is 186 Å². The van der Waals surface area contributed by atoms with E-state index in [0.29, 0.717) is 0 Å². The molecule has 0 N–H and O–H groups in total. The molecule has 0 spiro atoms. The van der Waals surface area contributed by atoms with Crippen molar-refractivity contribution in [3.63, 3.8) is 0 Å². The van der Waals surface area contributed by atoms with Gasteiger partial charge in [-0.05, 0) is 91.1 Å². The monoisotopic (exact) mass is 691 g/mol. The third-order valence-corrected chi connectivity index (χ3v) is 9.81. The van der Waals surface area contributed by atoms with E-state index in [4.69, 9.17) is 14.5 Å². The molecule has 0 radical (unpaired) electrons. The lowest BCUT2D eigenvalue weighted by atomic mass is 9.98. The molecular formula is C46H78N2O2. The third-order valence-electron chi connectivity index (χ3n) is 9.81. The Labute approximate surface area is 310 Å². The highest BCUT2D eigenvalue weighted by molar-refractivity contribution is 5.42. The van der Waals surface area contributed by atoms with Gasteiger partial charge in [-0.3, -0.25) is 4.98 Å². The van der Waals surface area contributed by atoms with E-state index in [1.54, 1.807) is 0 Å². The van der Waals surface area contributed by atoms with Crippen LogP contribution in [-0.4, -0.2) is 36.3 Å². The average Bonchev–Trinajstić information content (AvgIpc) is 3.48. The van der Waals surface area contributed by atoms with Crippen LogP contribution in [-0.2, 0) is 6.42 Å². The van der Waals surface area contributed by atoms with Gasteiger partial charge in [0.2, 0.25) is 0 Å². The lowest BCUT2D eigenvalue weighted by molar-refractivity contribution is -0.0950. The molecule has 0 unspecified atom stereocenters. The second-order valence-electron chi connectivity index (χ2n) is 15.0. The van der Waals surface area contributed by atoms with Crippen LogP contribution in [0.25, 0.3) is 0 Å². The van der Waals surface area contributed by atoms with Gasteiger partial charge >= 0.3 is 0 Å². The molecule has 50 heavy (non-hydrogen) atoms. The highest BCUT2D eigenvalue weighted by Crippen LogP contribution is 2.44. The summed E-state index contributed by atoms with van der Waals surface area (Å²) in [5, 5.41) is 0. The molecule has 0 amide bonds. The summed E-state index contributed by atoms with van der Waals surface area (Å²) in [6.07, 6.45) is 53.9. The van der Waals surface area contributed by atoms with E-state index < -0.39 is 5.79 Å². The second-order valence-corrected chi connectivity index (χ2v) is 15.0. The molecule has 1 aromatic heterocycles. The summed E-state index contributed by atoms with van der Waals surface area (Å²) in [5.74, 6) is 1.21. The quantitative estimate of drug-likeness (QED) is 0.0543. The number of ether oxygens (including phenoxy) is 2. The van der Waals surface area contributed by atoms with E-state index in [1.807, 2.05) is 6.20 Å². The van der Waals surface area contributed by atoms with Crippen molar-refractivity contribution in [3.05, 3.63) is 66.6 Å². The predicted octanol–water partition coefficient (Wildman–Crippen LogP) is 14.1. The Kier molecular flexibility index (Phi) is 26.6. The number of pyridine rings is 1. The van der Waals surface area contributed by atoms with Crippen LogP contribution in [0.4, 0.5) is 0 Å². The minimum atomic E-state index is -0.519. The Bertz CT molecular complexity index is 1010. The molecule has 4 nitrogen and oxygen atoms in total. The minimum absolute atomic E-state index is 0.519. The van der Waals surface area contributed by atoms with Crippen LogP contribution in [0.3, 0.4) is 0 Å². The molecular weight excluding hydrogens is 613 g/mol. The SMILES string of the molecule is CCCCC/C=C\C/C=C\CCCCCCCCC1(CCCCCCCC/C=C\C/C=C\CCCCC)Oc2cnc(CCN(C)C)cc2O1. The van der Waals surface area contributed by atoms with Crippen molar-refractivity contribution in [2.24, 2.45) is 0 Å². The molecule has 284 valence electrons. The zero-order valence-electron chi connectivity index (χ0n) is 33.3. The summed E-state index contributed by atoms with van der Waals surface area (Å²) in [4.78, 5) is 6.90. The van der Waals surface area contributed by atoms with Crippen molar-refractivity contribution < 1.29 is 9.47 Å². The fourth-order valence-corrected chi connectivity index (χ4v) is 6.61. The number of hydrogen-bond donors (Lipinski definition) is 0. The molecule has 2 heterocycles. The van der Waals surface area contributed by atoms with E-state index in [-0.39, 0.29) is 0 Å². The average molecular weight is 691 g/mol. The van der Waals surface area contributed by atoms with Crippen LogP contribution >= 0.6 is 0 Å². The maximum Gasteiger partial charge on any atom is 0.251 e. The van der Waals surface area contributed by atoms with Crippen LogP contribution in [0, 0.1) is 0 Å². The summed E-state index contributed by atoms with van der Waals surface area (Å²) in [6, 6.07) is 2.12. The number of likely N-dealkylation sites (N-methyl/N-ethyl adjacent to an activating group) is 1. The van der Waals surface area contributed by atoms with Gasteiger partial charge in [0.15, 0.2) is 11.5 Å². The summed E-state index contributed by atoms with van der Waals surface area (Å²) in [5.41, 5.74) is 1.08. The number of fused-ring (bicyclic) bond motifs is 1. The largest absolute Gasteiger partial charge is 0.448 e. The number of aromatic nitrogens is 1. The molecule has 2 rings (SSSR count). The van der Waals surface area contributed by atoms with Gasteiger partial charge in [-0.25, -0.2) is 0 Å². The van der Waals surface area contributed by atoms with Crippen molar-refractivity contribution >= 4 is 0 Å². The fourth-order valence-electron chi connectivity index (χ4n) is 6.61. The fraction of sp³-hybridized carbons (Fsp3) is 0.717. The highest BCUT2D eigenvalue weighted by Gasteiger charge is 2.40. The molecule has 4 heteroatoms. The molecule has 1 aliphatic rings. The molecule has 0 aliphatic carbocycles. The van der Waals surface area contributed by atoms with E-state index in [0.717, 1.165) is 68.7 Å². The standard InChI is InChI=1S/C46H78N2O2/c1-5-7-9-11-13-15-17-19-21-23-25-27-29-31-33-35-38-46(49-44-41-43(37-40-48(3)4)47-42-45(44)50-46)39-36-34-32-30-28-26-24-22-20-18-16-14-12-10-8-6-2/h13-16,19-22,41-42H,5-12,17-18,23-40H2,1-4H3/b15-13-,16-14-,21-19-,22-20-. The first-order valence-electron chi connectivity index (χ1n) is 21.2. The Morgan fingerprint density at radius 3 is 1.42 bits per heavy atom. The number of hydrogen-bond acceptors (Lipinski definition) is 4. The maximum atomic E-state index is 6.69. The zero-order chi connectivity index (χ0) is 35.8. The topological polar surface area (TPSA) is 34.6 Å². The molecule has 0 aromatic carbocycles. The second kappa shape index (κ2) is 30.3. The van der Waals surface area contributed by atoms with Crippen molar-refractivity contribution in [2.45, 2.75) is 193 Å². The van der Waals surface area contributed by atoms with Gasteiger partial charge in [0.25, 0.3) is 5.79 Å². The Morgan fingerprint density at radius 2 is 0.960 bits per heavy atom. The van der Waals surface area contributed by atoms with Gasteiger partial charge in [0, 0.05) is 37.6 Å². The van der Waals surface area contributed by atoms with Crippen LogP contribution in [0.15, 0.2) is 60.9 Å². The zero-order valence-corrected chi connectivity index (χ0v) is 33.3. The van der Waals surface area contributed by atoms with Crippen molar-refractivity contribution in [3.8, 4) is 11.5 Å². The van der Waals surface area contributed by atoms with E-state index in [2.05, 4.69) is 87.5 Å². The summed E-state index contributed by atoms with van der Waals surface area (Å²) < 4.78 is 13.3. The van der Waals surface area contributed by atoms with Gasteiger partial charge in [-0.15, -0.1) is 0 Å². The molecule has 0 saturated heterocycles. The maximum absolute atomic E-state index is 6.69. The van der Waals surface area contributed by atoms with Crippen LogP contribution in [0.2, 0.25) is 0 Å². The van der Waals surface area contributed by atoms with Crippen molar-refractivity contribution in [1.82, 2.24) is 9.88 Å². The molecule has 0 bridgehead atoms. The minimum Gasteiger partial charge on any atom is -0.448 e. The first kappa shape index (κ1) is 43.8. The van der Waals surface area contributed by atoms with Gasteiger partial charge in [-0.2, -0.15) is 0 Å². The van der Waals surface area contributed by atoms with Gasteiger partial charge < -0.3 is 14.4 Å². The normalized spacial score (nSPS) is 14.2. The van der Waals surface area contributed by atoms with Gasteiger partial charge in [-0.1, -0.05) is 140 Å². The van der Waals surface area contributed by atoms with Crippen molar-refractivity contribution in [2.75, 3.05) is 20.6 Å². The van der Waals surface area contributed by atoms with Crippen LogP contribution < -0.4 is 9.47 Å². The molecule has 1 aromatic rings. The smallest absolute Gasteiger partial charge is 0.251 e. The first-order chi connectivity index (χ1) is 24.6. The van der Waals surface area contributed by atoms with Crippen LogP contribution in [0.5, 0.6) is 11.5 Å². The van der Waals surface area contributed by atoms with E-state index in [1.165, 1.54) is 128 Å². The summed E-state index contributed by atoms with van der Waals surface area (Å²) in [7, 11) is 4.22. The lowest BCUT2D eigenvalue weighted by Gasteiger charge is -2.28. The van der Waals surface area contributed by atoms with Crippen molar-refractivity contribution in [1.29, 1.82) is 0 Å². The first-order valence-corrected chi connectivity index (χ1v) is 21.2. The Morgan fingerprint density at radius 1 is 0.540 bits per heavy atom. The number of unbranched alkanes of at least 4 members (excludes halogenated alkanes) is 18. The summed E-state index contributed by atoms with van der Waals surface area (Å²) >= 11 is 0. The van der Waals surface area contributed by atoms with E-state index >= 15 is 0 Å². The molecule has 1 aliphatic heterocycles. The molecule has 0 atom stereocenters. The Balaban J connectivity index is 1.65. The predicted molar refractivity (Wildman–Crippen MR) is 218 cm³/mol. The molecule has 0 saturated carbocycles. The number of rotatable bonds is 33. The Hall–Kier alpha value is -2.33. The lowest BCUT2D eigenvalue weighted by Crippen LogP contribution is -2.38. The van der Waals surface area contributed by atoms with E-state index in [9.17, 15) is 0 Å². The summed E-state index contributed by atoms with van der Waals surface area (Å²) in [6.45, 7) is 5.52.